The van der Waals surface area contributed by atoms with Crippen LogP contribution in [-0.4, -0.2) is 95.6 Å². The number of nitrogens with two attached hydrogens (primary N) is 1. The molecule has 1 aromatic carbocycles. The minimum absolute atomic E-state index is 0.198. The third kappa shape index (κ3) is 9.50. The molecule has 0 saturated carbocycles. The molecular weight excluding hydrogens is 610 g/mol. The molecule has 14 nitrogen and oxygen atoms in total. The van der Waals surface area contributed by atoms with Gasteiger partial charge in [-0.15, -0.1) is 5.10 Å². The highest BCUT2D eigenvalue weighted by Gasteiger charge is 2.19. The number of carbonyl (C=O) groups excluding carboxylic acids is 1. The molecule has 5 N–H and O–H groups in total. The normalized spacial score (nSPS) is 14.7. The Morgan fingerprint density at radius 2 is 1.83 bits per heavy atom. The zero-order valence-electron chi connectivity index (χ0n) is 28.4. The van der Waals surface area contributed by atoms with Crippen LogP contribution >= 0.6 is 0 Å². The first kappa shape index (κ1) is 34.8. The molecule has 1 amide bonds. The highest BCUT2D eigenvalue weighted by molar-refractivity contribution is 5.87. The van der Waals surface area contributed by atoms with Crippen molar-refractivity contribution in [3.63, 3.8) is 0 Å². The molecule has 4 aromatic rings. The van der Waals surface area contributed by atoms with Crippen LogP contribution < -0.4 is 16.4 Å². The Hall–Kier alpha value is -4.56. The molecule has 5 rings (SSSR count). The summed E-state index contributed by atoms with van der Waals surface area (Å²) in [6.45, 7) is 14.3. The van der Waals surface area contributed by atoms with Gasteiger partial charge in [-0.05, 0) is 36.1 Å². The number of unbranched alkanes of at least 4 members (excludes halogenated alkanes) is 2. The average Bonchev–Trinajstić information content (AvgIpc) is 3.69. The van der Waals surface area contributed by atoms with Gasteiger partial charge in [0.15, 0.2) is 5.82 Å². The van der Waals surface area contributed by atoms with Crippen LogP contribution in [-0.2, 0) is 35.8 Å². The monoisotopic (exact) mass is 659 g/mol. The van der Waals surface area contributed by atoms with E-state index in [-0.39, 0.29) is 24.8 Å². The number of aromatic nitrogens is 6. The van der Waals surface area contributed by atoms with E-state index in [1.165, 1.54) is 29.5 Å². The zero-order chi connectivity index (χ0) is 34.0. The van der Waals surface area contributed by atoms with Crippen molar-refractivity contribution in [3.8, 4) is 0 Å². The van der Waals surface area contributed by atoms with Crippen LogP contribution in [0.5, 0.6) is 0 Å². The molecule has 1 saturated heterocycles. The molecule has 14 heteroatoms. The van der Waals surface area contributed by atoms with E-state index >= 15 is 0 Å². The smallest absolute Gasteiger partial charge is 0.304 e. The number of carboxylic acids is 1. The Labute approximate surface area is 281 Å². The van der Waals surface area contributed by atoms with Crippen LogP contribution in [0.15, 0.2) is 36.7 Å². The van der Waals surface area contributed by atoms with Gasteiger partial charge in [0.2, 0.25) is 11.9 Å². The second kappa shape index (κ2) is 16.5. The van der Waals surface area contributed by atoms with Crippen molar-refractivity contribution in [2.75, 3.05) is 50.3 Å². The van der Waals surface area contributed by atoms with E-state index < -0.39 is 11.9 Å². The number of carboxylic acid groups (broad SMARTS) is 1. The van der Waals surface area contributed by atoms with Crippen LogP contribution in [0.1, 0.15) is 61.9 Å². The number of amides is 1. The van der Waals surface area contributed by atoms with Gasteiger partial charge in [0, 0.05) is 64.5 Å². The van der Waals surface area contributed by atoms with Crippen molar-refractivity contribution in [3.05, 3.63) is 59.0 Å². The van der Waals surface area contributed by atoms with E-state index in [1.54, 1.807) is 11.6 Å². The summed E-state index contributed by atoms with van der Waals surface area (Å²) in [5.74, 6) is -0.804. The predicted molar refractivity (Wildman–Crippen MR) is 185 cm³/mol. The van der Waals surface area contributed by atoms with Gasteiger partial charge in [0.05, 0.1) is 31.2 Å². The lowest BCUT2D eigenvalue weighted by Crippen LogP contribution is -2.46. The Morgan fingerprint density at radius 1 is 1.04 bits per heavy atom. The van der Waals surface area contributed by atoms with Crippen LogP contribution in [0, 0.1) is 12.8 Å². The highest BCUT2D eigenvalue weighted by atomic mass is 16.4. The predicted octanol–water partition coefficient (Wildman–Crippen LogP) is 3.11. The average molecular weight is 660 g/mol. The number of fused-ring (bicyclic) bond motifs is 1. The number of benzene rings is 1. The summed E-state index contributed by atoms with van der Waals surface area (Å²) in [5.41, 5.74) is 12.3. The molecule has 3 aromatic heterocycles. The minimum Gasteiger partial charge on any atom is -0.481 e. The third-order valence-electron chi connectivity index (χ3n) is 8.92. The van der Waals surface area contributed by atoms with Crippen LogP contribution in [0.2, 0.25) is 0 Å². The molecule has 1 fully saturated rings. The van der Waals surface area contributed by atoms with E-state index in [9.17, 15) is 9.59 Å². The first-order valence-electron chi connectivity index (χ1n) is 17.0. The number of nitrogens with one attached hydrogen (secondary N) is 2. The fourth-order valence-electron chi connectivity index (χ4n) is 6.09. The van der Waals surface area contributed by atoms with E-state index in [1.807, 2.05) is 12.3 Å². The fraction of sp³-hybridized carbons (Fsp3) is 0.529. The number of nitrogens with zero attached hydrogens (tertiary/aromatic N) is 8. The molecule has 0 spiro atoms. The molecule has 1 unspecified atom stereocenters. The minimum atomic E-state index is -0.991. The summed E-state index contributed by atoms with van der Waals surface area (Å²) >= 11 is 0. The molecule has 0 aliphatic carbocycles. The lowest BCUT2D eigenvalue weighted by atomic mass is 10.0. The molecule has 0 radical (unpaired) electrons. The first-order valence-corrected chi connectivity index (χ1v) is 17.0. The van der Waals surface area contributed by atoms with Crippen molar-refractivity contribution in [2.24, 2.45) is 5.92 Å². The van der Waals surface area contributed by atoms with E-state index in [0.717, 1.165) is 75.6 Å². The topological polar surface area (TPSA) is 172 Å². The number of aryl methyl sites for hydroxylation is 1. The van der Waals surface area contributed by atoms with Crippen LogP contribution in [0.25, 0.3) is 11.0 Å². The summed E-state index contributed by atoms with van der Waals surface area (Å²) in [7, 11) is 0. The van der Waals surface area contributed by atoms with E-state index in [4.69, 9.17) is 10.8 Å². The van der Waals surface area contributed by atoms with Crippen molar-refractivity contribution >= 4 is 34.7 Å². The molecule has 1 aliphatic rings. The van der Waals surface area contributed by atoms with Gasteiger partial charge in [-0.2, -0.15) is 4.98 Å². The maximum absolute atomic E-state index is 12.1. The number of hydrogen-bond acceptors (Lipinski definition) is 10. The molecule has 0 bridgehead atoms. The zero-order valence-corrected chi connectivity index (χ0v) is 28.4. The largest absolute Gasteiger partial charge is 0.481 e. The molecule has 1 aliphatic heterocycles. The summed E-state index contributed by atoms with van der Waals surface area (Å²) in [5, 5.41) is 23.4. The first-order chi connectivity index (χ1) is 23.2. The van der Waals surface area contributed by atoms with Gasteiger partial charge in [0.1, 0.15) is 11.2 Å². The van der Waals surface area contributed by atoms with E-state index in [0.29, 0.717) is 12.2 Å². The van der Waals surface area contributed by atoms with Crippen LogP contribution in [0.4, 0.5) is 11.8 Å². The van der Waals surface area contributed by atoms with Gasteiger partial charge >= 0.3 is 5.97 Å². The van der Waals surface area contributed by atoms with Crippen molar-refractivity contribution in [1.29, 1.82) is 0 Å². The molecule has 4 heterocycles. The number of piperazine rings is 1. The Bertz CT molecular complexity index is 1680. The van der Waals surface area contributed by atoms with Crippen molar-refractivity contribution in [1.82, 2.24) is 44.6 Å². The van der Waals surface area contributed by atoms with Gasteiger partial charge in [0.25, 0.3) is 0 Å². The maximum atomic E-state index is 12.1. The fourth-order valence-corrected chi connectivity index (χ4v) is 6.09. The van der Waals surface area contributed by atoms with Gasteiger partial charge in [-0.3, -0.25) is 24.1 Å². The van der Waals surface area contributed by atoms with Crippen molar-refractivity contribution < 1.29 is 14.7 Å². The molecule has 48 heavy (non-hydrogen) atoms. The Kier molecular flexibility index (Phi) is 12.0. The van der Waals surface area contributed by atoms with E-state index in [2.05, 4.69) is 83.5 Å². The number of carbonyl (C=O) groups is 2. The summed E-state index contributed by atoms with van der Waals surface area (Å²) in [6, 6.07) is 8.81. The third-order valence-corrected chi connectivity index (χ3v) is 8.92. The maximum Gasteiger partial charge on any atom is 0.304 e. The molecular formula is C34H49N11O3. The molecule has 1 atom stereocenters. The summed E-state index contributed by atoms with van der Waals surface area (Å²) in [6.07, 6.45) is 7.13. The number of anilines is 2. The number of aliphatic carboxylic acids is 1. The highest BCUT2D eigenvalue weighted by Crippen LogP contribution is 2.25. The number of rotatable bonds is 17. The van der Waals surface area contributed by atoms with Crippen molar-refractivity contribution in [2.45, 2.75) is 72.6 Å². The Morgan fingerprint density at radius 3 is 2.58 bits per heavy atom. The molecule has 258 valence electrons. The standard InChI is InChI=1S/C34H49N11O3/c1-4-5-6-10-36-32-31-29(38-34(35)39-32)9-11-44(31)22-27-8-7-26(18-24(27)2)21-43-14-12-42(13-15-43)16-17-45-23-28(40-41-45)20-37-33(48)25(3)19-30(46)47/h7-9,11,18,23,25H,4-6,10,12-17,19-22H2,1-3H3,(H,37,48)(H,46,47)(H3,35,36,38,39). The lowest BCUT2D eigenvalue weighted by molar-refractivity contribution is -0.140. The Balaban J connectivity index is 1.07. The lowest BCUT2D eigenvalue weighted by Gasteiger charge is -2.34. The van der Waals surface area contributed by atoms with Gasteiger partial charge in [-0.1, -0.05) is 50.1 Å². The second-order valence-corrected chi connectivity index (χ2v) is 12.8. The van der Waals surface area contributed by atoms with Gasteiger partial charge < -0.3 is 26.0 Å². The summed E-state index contributed by atoms with van der Waals surface area (Å²) < 4.78 is 4.00. The van der Waals surface area contributed by atoms with Crippen LogP contribution in [0.3, 0.4) is 0 Å². The SMILES string of the molecule is CCCCCNc1nc(N)nc2ccn(Cc3ccc(CN4CCN(CCn5cc(CNC(=O)C(C)CC(=O)O)nn5)CC4)cc3C)c12. The number of nitrogen functional groups attached to an aromatic ring is 1. The second-order valence-electron chi connectivity index (χ2n) is 12.8. The number of hydrogen-bond donors (Lipinski definition) is 4. The van der Waals surface area contributed by atoms with Gasteiger partial charge in [-0.25, -0.2) is 4.98 Å². The quantitative estimate of drug-likeness (QED) is 0.123. The summed E-state index contributed by atoms with van der Waals surface area (Å²) in [4.78, 5) is 36.8.